The van der Waals surface area contributed by atoms with Gasteiger partial charge >= 0.3 is 0 Å². The monoisotopic (exact) mass is 630 g/mol. The standard InChI is InChI=1S/C34H63N9O2/c1-25(2)42(26-21-31(3,4)38(11)32(5,6)22-26)43(27-23-33(7,8)39(12)34(9,10)24-27)30-36-28(40-13-17-44-18-14-40)35-29(37-30)41-15-19-45-20-16-41/h25-27H,13-24H2,1-12H3. The second kappa shape index (κ2) is 12.7. The Hall–Kier alpha value is -1.79. The lowest BCUT2D eigenvalue weighted by atomic mass is 9.76. The molecule has 45 heavy (non-hydrogen) atoms. The number of piperidine rings is 2. The molecule has 5 rings (SSSR count). The minimum Gasteiger partial charge on any atom is -0.378 e. The smallest absolute Gasteiger partial charge is 0.247 e. The topological polar surface area (TPSA) is 76.6 Å². The highest BCUT2D eigenvalue weighted by atomic mass is 16.5. The Bertz CT molecular complexity index is 1090. The van der Waals surface area contributed by atoms with Crippen LogP contribution in [0.25, 0.3) is 0 Å². The van der Waals surface area contributed by atoms with E-state index in [4.69, 9.17) is 24.4 Å². The van der Waals surface area contributed by atoms with Crippen LogP contribution < -0.4 is 14.8 Å². The number of likely N-dealkylation sites (tertiary alicyclic amines) is 2. The van der Waals surface area contributed by atoms with Crippen molar-refractivity contribution in [3.8, 4) is 0 Å². The molecule has 4 saturated heterocycles. The lowest BCUT2D eigenvalue weighted by molar-refractivity contribution is -0.0711. The molecule has 0 spiro atoms. The van der Waals surface area contributed by atoms with Crippen LogP contribution in [-0.2, 0) is 9.47 Å². The SMILES string of the molecule is CC(C)N(C1CC(C)(C)N(C)C(C)(C)C1)N(c1nc(N2CCOCC2)nc(N2CCOCC2)n1)C1CC(C)(C)N(C)C(C)(C)C1. The molecule has 11 nitrogen and oxygen atoms in total. The van der Waals surface area contributed by atoms with Crippen molar-refractivity contribution in [2.45, 2.75) is 135 Å². The van der Waals surface area contributed by atoms with Gasteiger partial charge in [-0.25, -0.2) is 5.01 Å². The van der Waals surface area contributed by atoms with Gasteiger partial charge in [-0.3, -0.25) is 14.8 Å². The van der Waals surface area contributed by atoms with E-state index in [1.807, 2.05) is 0 Å². The summed E-state index contributed by atoms with van der Waals surface area (Å²) in [4.78, 5) is 25.6. The Balaban J connectivity index is 1.68. The first kappa shape index (κ1) is 34.5. The fourth-order valence-electron chi connectivity index (χ4n) is 8.55. The first-order valence-corrected chi connectivity index (χ1v) is 17.4. The maximum atomic E-state index is 5.73. The zero-order chi connectivity index (χ0) is 32.9. The number of hydrogen-bond acceptors (Lipinski definition) is 11. The van der Waals surface area contributed by atoms with E-state index in [0.717, 1.165) is 69.7 Å². The maximum Gasteiger partial charge on any atom is 0.247 e. The van der Waals surface area contributed by atoms with E-state index in [-0.39, 0.29) is 34.2 Å². The van der Waals surface area contributed by atoms with Gasteiger partial charge in [-0.05, 0) is 109 Å². The molecule has 1 aromatic heterocycles. The largest absolute Gasteiger partial charge is 0.378 e. The van der Waals surface area contributed by atoms with E-state index in [2.05, 4.69) is 113 Å². The maximum absolute atomic E-state index is 5.73. The van der Waals surface area contributed by atoms with Crippen molar-refractivity contribution in [3.05, 3.63) is 0 Å². The Kier molecular flexibility index (Phi) is 9.73. The Morgan fingerprint density at radius 3 is 1.31 bits per heavy atom. The van der Waals surface area contributed by atoms with Gasteiger partial charge in [-0.1, -0.05) is 0 Å². The van der Waals surface area contributed by atoms with Crippen LogP contribution in [-0.4, -0.2) is 137 Å². The molecule has 4 fully saturated rings. The van der Waals surface area contributed by atoms with Gasteiger partial charge in [0.15, 0.2) is 0 Å². The number of aromatic nitrogens is 3. The zero-order valence-electron chi connectivity index (χ0n) is 30.6. The molecular weight excluding hydrogens is 566 g/mol. The minimum absolute atomic E-state index is 0.00570. The summed E-state index contributed by atoms with van der Waals surface area (Å²) >= 11 is 0. The summed E-state index contributed by atoms with van der Waals surface area (Å²) in [5.41, 5.74) is 0.110. The van der Waals surface area contributed by atoms with Crippen LogP contribution in [0.3, 0.4) is 0 Å². The van der Waals surface area contributed by atoms with Crippen molar-refractivity contribution < 1.29 is 9.47 Å². The zero-order valence-corrected chi connectivity index (χ0v) is 30.6. The van der Waals surface area contributed by atoms with E-state index in [9.17, 15) is 0 Å². The highest BCUT2D eigenvalue weighted by molar-refractivity contribution is 5.47. The normalized spacial score (nSPS) is 26.5. The van der Waals surface area contributed by atoms with E-state index < -0.39 is 0 Å². The third-order valence-electron chi connectivity index (χ3n) is 11.5. The molecule has 4 aliphatic heterocycles. The van der Waals surface area contributed by atoms with Crippen molar-refractivity contribution in [2.75, 3.05) is 81.5 Å². The van der Waals surface area contributed by atoms with E-state index in [1.165, 1.54) is 0 Å². The van der Waals surface area contributed by atoms with Crippen LogP contribution in [0.5, 0.6) is 0 Å². The molecule has 11 heteroatoms. The van der Waals surface area contributed by atoms with Gasteiger partial charge in [0.05, 0.1) is 32.5 Å². The van der Waals surface area contributed by atoms with Crippen LogP contribution in [0.15, 0.2) is 0 Å². The molecule has 0 unspecified atom stereocenters. The Morgan fingerprint density at radius 1 is 0.600 bits per heavy atom. The average Bonchev–Trinajstić information content (AvgIpc) is 2.97. The van der Waals surface area contributed by atoms with Gasteiger partial charge < -0.3 is 19.3 Å². The average molecular weight is 630 g/mol. The molecule has 0 N–H and O–H groups in total. The second-order valence-corrected chi connectivity index (χ2v) is 16.7. The predicted molar refractivity (Wildman–Crippen MR) is 183 cm³/mol. The quantitative estimate of drug-likeness (QED) is 0.406. The van der Waals surface area contributed by atoms with Gasteiger partial charge in [-0.2, -0.15) is 15.0 Å². The molecular formula is C34H63N9O2. The lowest BCUT2D eigenvalue weighted by Gasteiger charge is -2.60. The third kappa shape index (κ3) is 7.08. The minimum atomic E-state index is 0.00570. The van der Waals surface area contributed by atoms with Crippen LogP contribution in [0, 0.1) is 0 Å². The number of ether oxygens (including phenoxy) is 2. The molecule has 256 valence electrons. The molecule has 1 aromatic rings. The van der Waals surface area contributed by atoms with Crippen LogP contribution >= 0.6 is 0 Å². The molecule has 0 amide bonds. The first-order chi connectivity index (χ1) is 20.9. The highest BCUT2D eigenvalue weighted by Crippen LogP contribution is 2.44. The van der Waals surface area contributed by atoms with Gasteiger partial charge in [0.1, 0.15) is 0 Å². The fraction of sp³-hybridized carbons (Fsp3) is 0.912. The Labute approximate surface area is 273 Å². The summed E-state index contributed by atoms with van der Waals surface area (Å²) < 4.78 is 11.5. The number of anilines is 3. The molecule has 0 atom stereocenters. The Morgan fingerprint density at radius 2 is 0.956 bits per heavy atom. The molecule has 5 heterocycles. The molecule has 0 radical (unpaired) electrons. The summed E-state index contributed by atoms with van der Waals surface area (Å²) in [6.45, 7) is 29.8. The van der Waals surface area contributed by atoms with Crippen molar-refractivity contribution in [3.63, 3.8) is 0 Å². The van der Waals surface area contributed by atoms with Gasteiger partial charge in [0, 0.05) is 60.4 Å². The first-order valence-electron chi connectivity index (χ1n) is 17.4. The fourth-order valence-corrected chi connectivity index (χ4v) is 8.55. The highest BCUT2D eigenvalue weighted by Gasteiger charge is 2.51. The number of morpholine rings is 2. The van der Waals surface area contributed by atoms with Gasteiger partial charge in [0.2, 0.25) is 17.8 Å². The number of rotatable bonds is 7. The van der Waals surface area contributed by atoms with E-state index >= 15 is 0 Å². The van der Waals surface area contributed by atoms with E-state index in [0.29, 0.717) is 32.5 Å². The lowest BCUT2D eigenvalue weighted by Crippen LogP contribution is -2.69. The van der Waals surface area contributed by atoms with Gasteiger partial charge in [0.25, 0.3) is 0 Å². The summed E-state index contributed by atoms with van der Waals surface area (Å²) in [7, 11) is 4.59. The third-order valence-corrected chi connectivity index (χ3v) is 11.5. The summed E-state index contributed by atoms with van der Waals surface area (Å²) in [6.07, 6.45) is 4.17. The second-order valence-electron chi connectivity index (χ2n) is 16.7. The van der Waals surface area contributed by atoms with Crippen molar-refractivity contribution >= 4 is 17.8 Å². The summed E-state index contributed by atoms with van der Waals surface area (Å²) in [6, 6.07) is 0.802. The van der Waals surface area contributed by atoms with Crippen LogP contribution in [0.2, 0.25) is 0 Å². The summed E-state index contributed by atoms with van der Waals surface area (Å²) in [5, 5.41) is 5.24. The molecule has 0 aromatic carbocycles. The van der Waals surface area contributed by atoms with Crippen molar-refractivity contribution in [1.82, 2.24) is 29.8 Å². The van der Waals surface area contributed by atoms with Gasteiger partial charge in [-0.15, -0.1) is 0 Å². The number of hydrogen-bond donors (Lipinski definition) is 0. The van der Waals surface area contributed by atoms with Crippen molar-refractivity contribution in [2.24, 2.45) is 0 Å². The predicted octanol–water partition coefficient (Wildman–Crippen LogP) is 4.28. The molecule has 0 saturated carbocycles. The summed E-state index contributed by atoms with van der Waals surface area (Å²) in [5.74, 6) is 2.29. The molecule has 0 aliphatic carbocycles. The van der Waals surface area contributed by atoms with E-state index in [1.54, 1.807) is 0 Å². The molecule has 4 aliphatic rings. The van der Waals surface area contributed by atoms with Crippen molar-refractivity contribution in [1.29, 1.82) is 0 Å². The van der Waals surface area contributed by atoms with Crippen LogP contribution in [0.1, 0.15) is 94.9 Å². The molecule has 0 bridgehead atoms. The van der Waals surface area contributed by atoms with Crippen LogP contribution in [0.4, 0.5) is 17.8 Å². The number of nitrogens with zero attached hydrogens (tertiary/aromatic N) is 9. The number of hydrazine groups is 1.